The molecule has 2 atom stereocenters. The fourth-order valence-corrected chi connectivity index (χ4v) is 4.61. The third-order valence-electron chi connectivity index (χ3n) is 4.81. The lowest BCUT2D eigenvalue weighted by atomic mass is 10.1. The molecule has 1 N–H and O–H groups in total. The minimum Gasteiger partial charge on any atom is -0.376 e. The number of anilines is 3. The van der Waals surface area contributed by atoms with Crippen molar-refractivity contribution < 1.29 is 26.9 Å². The Hall–Kier alpha value is -2.43. The van der Waals surface area contributed by atoms with Gasteiger partial charge in [-0.25, -0.2) is 17.4 Å². The van der Waals surface area contributed by atoms with Crippen LogP contribution in [0.15, 0.2) is 36.4 Å². The van der Waals surface area contributed by atoms with Gasteiger partial charge in [-0.15, -0.1) is 0 Å². The molecule has 29 heavy (non-hydrogen) atoms. The number of nitrogens with zero attached hydrogens (tertiary/aromatic N) is 2. The van der Waals surface area contributed by atoms with Gasteiger partial charge in [0.25, 0.3) is 0 Å². The lowest BCUT2D eigenvalue weighted by Gasteiger charge is -2.36. The lowest BCUT2D eigenvalue weighted by Crippen LogP contribution is -2.46. The Balaban J connectivity index is 1.74. The Morgan fingerprint density at radius 1 is 1.07 bits per heavy atom. The van der Waals surface area contributed by atoms with Crippen molar-refractivity contribution in [3.05, 3.63) is 53.8 Å². The zero-order valence-electron chi connectivity index (χ0n) is 15.2. The summed E-state index contributed by atoms with van der Waals surface area (Å²) in [6.45, 7) is 1.92. The first kappa shape index (κ1) is 19.9. The van der Waals surface area contributed by atoms with E-state index in [1.54, 1.807) is 0 Å². The van der Waals surface area contributed by atoms with E-state index >= 15 is 0 Å². The molecule has 1 saturated heterocycles. The molecular weight excluding hydrogens is 407 g/mol. The van der Waals surface area contributed by atoms with Crippen molar-refractivity contribution in [1.82, 2.24) is 5.32 Å². The minimum absolute atomic E-state index is 0.0683. The molecule has 0 aliphatic carbocycles. The number of carbonyl (C=O) groups is 1. The first-order valence-corrected chi connectivity index (χ1v) is 10.2. The van der Waals surface area contributed by atoms with Crippen molar-refractivity contribution in [2.24, 2.45) is 0 Å². The van der Waals surface area contributed by atoms with Gasteiger partial charge in [0.15, 0.2) is 0 Å². The van der Waals surface area contributed by atoms with Gasteiger partial charge in [0.05, 0.1) is 18.4 Å². The largest absolute Gasteiger partial charge is 0.376 e. The van der Waals surface area contributed by atoms with Gasteiger partial charge in [0.1, 0.15) is 28.8 Å². The van der Waals surface area contributed by atoms with E-state index in [1.165, 1.54) is 12.1 Å². The maximum Gasteiger partial charge on any atom is 0.341 e. The summed E-state index contributed by atoms with van der Waals surface area (Å²) in [5.74, 6) is -2.77. The van der Waals surface area contributed by atoms with Crippen molar-refractivity contribution in [2.75, 3.05) is 35.4 Å². The van der Waals surface area contributed by atoms with Crippen LogP contribution in [0.1, 0.15) is 6.42 Å². The Morgan fingerprint density at radius 3 is 2.38 bits per heavy atom. The first-order valence-electron chi connectivity index (χ1n) is 9.07. The second-order valence-corrected chi connectivity index (χ2v) is 7.90. The molecule has 1 unspecified atom stereocenters. The number of rotatable bonds is 4. The standard InChI is InChI=1S/C19H18F3N3O3S/c20-13-3-1-4-14(21)17(13)25-16-6-2-5-15(22)18(16)24(29(27)19(25)26)9-7-12-11-23-8-10-28-12/h1-6,12,23H,7-11H2/t12-,29?/m1/s1. The Morgan fingerprint density at radius 2 is 1.72 bits per heavy atom. The van der Waals surface area contributed by atoms with Gasteiger partial charge in [0, 0.05) is 19.6 Å². The van der Waals surface area contributed by atoms with Crippen molar-refractivity contribution in [2.45, 2.75) is 12.5 Å². The van der Waals surface area contributed by atoms with Gasteiger partial charge in [-0.05, 0) is 30.7 Å². The van der Waals surface area contributed by atoms with Gasteiger partial charge in [-0.3, -0.25) is 14.0 Å². The molecule has 2 heterocycles. The summed E-state index contributed by atoms with van der Waals surface area (Å²) in [7, 11) is -2.37. The molecule has 0 aromatic heterocycles. The van der Waals surface area contributed by atoms with Crippen molar-refractivity contribution in [3.63, 3.8) is 0 Å². The average molecular weight is 425 g/mol. The molecule has 2 aromatic rings. The van der Waals surface area contributed by atoms with Crippen LogP contribution in [0.5, 0.6) is 0 Å². The van der Waals surface area contributed by atoms with Gasteiger partial charge in [-0.2, -0.15) is 0 Å². The van der Waals surface area contributed by atoms with Gasteiger partial charge in [0.2, 0.25) is 11.0 Å². The van der Waals surface area contributed by atoms with Crippen molar-refractivity contribution >= 4 is 33.3 Å². The third kappa shape index (κ3) is 3.63. The number of amides is 1. The summed E-state index contributed by atoms with van der Waals surface area (Å²) in [6.07, 6.45) is 0.224. The highest BCUT2D eigenvalue weighted by Crippen LogP contribution is 2.43. The smallest absolute Gasteiger partial charge is 0.341 e. The van der Waals surface area contributed by atoms with Crippen LogP contribution in [0.4, 0.5) is 35.0 Å². The number of hydrogen-bond acceptors (Lipinski definition) is 4. The number of halogens is 3. The molecule has 0 saturated carbocycles. The fraction of sp³-hybridized carbons (Fsp3) is 0.316. The second kappa shape index (κ2) is 8.13. The van der Waals surface area contributed by atoms with Crippen LogP contribution in [0.25, 0.3) is 0 Å². The van der Waals surface area contributed by atoms with Crippen LogP contribution in [0, 0.1) is 17.5 Å². The number of morpholine rings is 1. The first-order chi connectivity index (χ1) is 14.0. The summed E-state index contributed by atoms with van der Waals surface area (Å²) in [5.41, 5.74) is -0.893. The van der Waals surface area contributed by atoms with Crippen LogP contribution in [0.3, 0.4) is 0 Å². The number of benzene rings is 2. The number of fused-ring (bicyclic) bond motifs is 1. The van der Waals surface area contributed by atoms with E-state index < -0.39 is 39.4 Å². The topological polar surface area (TPSA) is 61.9 Å². The highest BCUT2D eigenvalue weighted by atomic mass is 32.2. The zero-order valence-corrected chi connectivity index (χ0v) is 16.1. The molecule has 154 valence electrons. The van der Waals surface area contributed by atoms with Gasteiger partial charge >= 0.3 is 5.24 Å². The summed E-state index contributed by atoms with van der Waals surface area (Å²) >= 11 is 0. The van der Waals surface area contributed by atoms with Crippen LogP contribution in [-0.4, -0.2) is 41.8 Å². The molecule has 10 heteroatoms. The van der Waals surface area contributed by atoms with E-state index in [2.05, 4.69) is 5.32 Å². The van der Waals surface area contributed by atoms with Crippen molar-refractivity contribution in [1.29, 1.82) is 0 Å². The zero-order chi connectivity index (χ0) is 20.5. The van der Waals surface area contributed by atoms with E-state index in [1.807, 2.05) is 0 Å². The number of hydrogen-bond donors (Lipinski definition) is 1. The highest BCUT2D eigenvalue weighted by molar-refractivity contribution is 8.02. The van der Waals surface area contributed by atoms with E-state index in [9.17, 15) is 22.2 Å². The predicted octanol–water partition coefficient (Wildman–Crippen LogP) is 3.22. The molecule has 2 aliphatic heterocycles. The molecule has 1 amide bonds. The van der Waals surface area contributed by atoms with E-state index in [0.717, 1.165) is 35.1 Å². The number of nitrogens with one attached hydrogen (secondary N) is 1. The summed E-state index contributed by atoms with van der Waals surface area (Å²) < 4.78 is 63.1. The predicted molar refractivity (Wildman–Crippen MR) is 103 cm³/mol. The maximum atomic E-state index is 14.7. The molecule has 2 aliphatic rings. The van der Waals surface area contributed by atoms with Gasteiger partial charge in [-0.1, -0.05) is 12.1 Å². The molecule has 0 bridgehead atoms. The van der Waals surface area contributed by atoms with Crippen LogP contribution in [-0.2, 0) is 15.7 Å². The molecular formula is C19H18F3N3O3S. The summed E-state index contributed by atoms with van der Waals surface area (Å²) in [6, 6.07) is 6.95. The molecule has 6 nitrogen and oxygen atoms in total. The Kier molecular flexibility index (Phi) is 5.57. The third-order valence-corrected chi connectivity index (χ3v) is 6.05. The quantitative estimate of drug-likeness (QED) is 0.817. The molecule has 2 aromatic carbocycles. The normalized spacial score (nSPS) is 22.0. The van der Waals surface area contributed by atoms with Crippen LogP contribution in [0.2, 0.25) is 0 Å². The lowest BCUT2D eigenvalue weighted by molar-refractivity contribution is 0.0253. The average Bonchev–Trinajstić information content (AvgIpc) is 2.71. The fourth-order valence-electron chi connectivity index (χ4n) is 3.46. The maximum absolute atomic E-state index is 14.7. The minimum atomic E-state index is -2.37. The second-order valence-electron chi connectivity index (χ2n) is 6.62. The van der Waals surface area contributed by atoms with Gasteiger partial charge < -0.3 is 10.1 Å². The molecule has 0 spiro atoms. The van der Waals surface area contributed by atoms with Crippen molar-refractivity contribution in [3.8, 4) is 0 Å². The summed E-state index contributed by atoms with van der Waals surface area (Å²) in [4.78, 5) is 13.5. The number of carbonyl (C=O) groups excluding carboxylic acids is 1. The van der Waals surface area contributed by atoms with E-state index in [-0.39, 0.29) is 24.0 Å². The summed E-state index contributed by atoms with van der Waals surface area (Å²) in [5, 5.41) is 2.12. The van der Waals surface area contributed by atoms with Crippen LogP contribution < -0.4 is 14.5 Å². The molecule has 1 fully saturated rings. The SMILES string of the molecule is O=C1N(c2c(F)cccc2F)c2cccc(F)c2N(CC[C@@H]2CNCCO2)S1=O. The molecule has 0 radical (unpaired) electrons. The van der Waals surface area contributed by atoms with Crippen LogP contribution >= 0.6 is 0 Å². The van der Waals surface area contributed by atoms with E-state index in [4.69, 9.17) is 4.74 Å². The Bertz CT molecular complexity index is 949. The molecule has 4 rings (SSSR count). The van der Waals surface area contributed by atoms with E-state index in [0.29, 0.717) is 24.5 Å². The highest BCUT2D eigenvalue weighted by Gasteiger charge is 2.41. The Labute approximate surface area is 167 Å². The number of para-hydroxylation sites is 2. The monoisotopic (exact) mass is 425 g/mol. The number of ether oxygens (including phenoxy) is 1.